The van der Waals surface area contributed by atoms with Gasteiger partial charge in [0, 0.05) is 55.9 Å². The topological polar surface area (TPSA) is 90.6 Å². The summed E-state index contributed by atoms with van der Waals surface area (Å²) in [5, 5.41) is 15.2. The first-order valence-corrected chi connectivity index (χ1v) is 13.0. The lowest BCUT2D eigenvalue weighted by Crippen LogP contribution is -2.57. The van der Waals surface area contributed by atoms with Crippen LogP contribution in [0.4, 0.5) is 5.69 Å². The number of amides is 1. The van der Waals surface area contributed by atoms with Crippen molar-refractivity contribution in [3.63, 3.8) is 0 Å². The van der Waals surface area contributed by atoms with E-state index in [9.17, 15) is 9.90 Å². The minimum atomic E-state index is -0.156. The molecule has 0 atom stereocenters. The van der Waals surface area contributed by atoms with E-state index in [0.29, 0.717) is 40.4 Å². The summed E-state index contributed by atoms with van der Waals surface area (Å²) in [7, 11) is 6.00. The zero-order valence-electron chi connectivity index (χ0n) is 22.9. The SMILES string of the molecule is CCn1ncc(CN(C)C(=O)c2cc(-c3ccc(N4CC(N(C)C)C4)c(C)n3)nc3ccc(O)cc23)c1C. The average molecular weight is 514 g/mol. The summed E-state index contributed by atoms with van der Waals surface area (Å²) in [4.78, 5) is 29.7. The van der Waals surface area contributed by atoms with Crippen molar-refractivity contribution in [2.75, 3.05) is 39.1 Å². The van der Waals surface area contributed by atoms with Gasteiger partial charge in [0.25, 0.3) is 5.91 Å². The lowest BCUT2D eigenvalue weighted by molar-refractivity contribution is 0.0787. The molecule has 0 aliphatic carbocycles. The monoisotopic (exact) mass is 513 g/mol. The van der Waals surface area contributed by atoms with E-state index in [4.69, 9.17) is 9.97 Å². The molecule has 9 nitrogen and oxygen atoms in total. The Labute approximate surface area is 223 Å². The van der Waals surface area contributed by atoms with Crippen LogP contribution in [0.1, 0.15) is 34.2 Å². The molecule has 1 N–H and O–H groups in total. The molecule has 0 unspecified atom stereocenters. The molecule has 198 valence electrons. The molecule has 5 rings (SSSR count). The zero-order valence-corrected chi connectivity index (χ0v) is 22.9. The Hall–Kier alpha value is -3.98. The van der Waals surface area contributed by atoms with Gasteiger partial charge in [-0.05, 0) is 71.3 Å². The molecular formula is C29H35N7O2. The van der Waals surface area contributed by atoms with E-state index >= 15 is 0 Å². The number of aromatic hydroxyl groups is 1. The van der Waals surface area contributed by atoms with Gasteiger partial charge in [-0.25, -0.2) is 9.97 Å². The number of carbonyl (C=O) groups is 1. The van der Waals surface area contributed by atoms with Gasteiger partial charge >= 0.3 is 0 Å². The third-order valence-electron chi connectivity index (χ3n) is 7.53. The molecule has 1 aliphatic rings. The minimum Gasteiger partial charge on any atom is -0.508 e. The Balaban J connectivity index is 1.48. The minimum absolute atomic E-state index is 0.0905. The number of hydrogen-bond acceptors (Lipinski definition) is 7. The molecule has 1 aromatic carbocycles. The third kappa shape index (κ3) is 4.69. The Morgan fingerprint density at radius 2 is 1.82 bits per heavy atom. The number of aryl methyl sites for hydroxylation is 2. The summed E-state index contributed by atoms with van der Waals surface area (Å²) >= 11 is 0. The molecule has 4 aromatic rings. The Morgan fingerprint density at radius 3 is 2.47 bits per heavy atom. The molecule has 1 amide bonds. The Morgan fingerprint density at radius 1 is 1.05 bits per heavy atom. The Kier molecular flexibility index (Phi) is 6.79. The van der Waals surface area contributed by atoms with Gasteiger partial charge in [-0.15, -0.1) is 0 Å². The van der Waals surface area contributed by atoms with Crippen molar-refractivity contribution < 1.29 is 9.90 Å². The second kappa shape index (κ2) is 10.1. The predicted molar refractivity (Wildman–Crippen MR) is 149 cm³/mol. The van der Waals surface area contributed by atoms with Crippen LogP contribution in [-0.4, -0.2) is 80.8 Å². The molecule has 1 saturated heterocycles. The number of pyridine rings is 2. The maximum absolute atomic E-state index is 13.7. The first-order valence-electron chi connectivity index (χ1n) is 13.0. The fourth-order valence-electron chi connectivity index (χ4n) is 5.02. The van der Waals surface area contributed by atoms with Gasteiger partial charge in [0.15, 0.2) is 0 Å². The number of aromatic nitrogens is 4. The Bertz CT molecular complexity index is 1500. The number of nitrogens with zero attached hydrogens (tertiary/aromatic N) is 7. The molecule has 9 heteroatoms. The third-order valence-corrected chi connectivity index (χ3v) is 7.53. The highest BCUT2D eigenvalue weighted by molar-refractivity contribution is 6.07. The van der Waals surface area contributed by atoms with Gasteiger partial charge in [0.05, 0.1) is 40.0 Å². The predicted octanol–water partition coefficient (Wildman–Crippen LogP) is 3.86. The van der Waals surface area contributed by atoms with Crippen LogP contribution in [0.25, 0.3) is 22.3 Å². The van der Waals surface area contributed by atoms with Crippen molar-refractivity contribution in [3.05, 3.63) is 65.1 Å². The smallest absolute Gasteiger partial charge is 0.254 e. The largest absolute Gasteiger partial charge is 0.508 e. The molecule has 38 heavy (non-hydrogen) atoms. The van der Waals surface area contributed by atoms with E-state index in [0.717, 1.165) is 42.3 Å². The van der Waals surface area contributed by atoms with Gasteiger partial charge in [-0.3, -0.25) is 9.48 Å². The first kappa shape index (κ1) is 25.7. The van der Waals surface area contributed by atoms with E-state index in [1.54, 1.807) is 36.2 Å². The molecular weight excluding hydrogens is 478 g/mol. The van der Waals surface area contributed by atoms with E-state index in [1.807, 2.05) is 37.7 Å². The normalized spacial score (nSPS) is 13.8. The maximum Gasteiger partial charge on any atom is 0.254 e. The van der Waals surface area contributed by atoms with Gasteiger partial charge in [0.2, 0.25) is 0 Å². The maximum atomic E-state index is 13.7. The molecule has 0 radical (unpaired) electrons. The first-order chi connectivity index (χ1) is 18.2. The quantitative estimate of drug-likeness (QED) is 0.401. The van der Waals surface area contributed by atoms with Crippen LogP contribution in [0.2, 0.25) is 0 Å². The second-order valence-corrected chi connectivity index (χ2v) is 10.3. The number of fused-ring (bicyclic) bond motifs is 1. The van der Waals surface area contributed by atoms with Gasteiger partial charge in [0.1, 0.15) is 5.75 Å². The lowest BCUT2D eigenvalue weighted by Gasteiger charge is -2.44. The van der Waals surface area contributed by atoms with Crippen LogP contribution in [0.15, 0.2) is 42.6 Å². The van der Waals surface area contributed by atoms with Crippen LogP contribution >= 0.6 is 0 Å². The summed E-state index contributed by atoms with van der Waals surface area (Å²) in [6.07, 6.45) is 1.82. The van der Waals surface area contributed by atoms with Gasteiger partial charge in [-0.2, -0.15) is 5.10 Å². The van der Waals surface area contributed by atoms with Crippen molar-refractivity contribution >= 4 is 22.5 Å². The fraction of sp³-hybridized carbons (Fsp3) is 0.379. The van der Waals surface area contributed by atoms with Gasteiger partial charge < -0.3 is 19.8 Å². The lowest BCUT2D eigenvalue weighted by atomic mass is 10.0. The van der Waals surface area contributed by atoms with Crippen LogP contribution in [0.5, 0.6) is 5.75 Å². The van der Waals surface area contributed by atoms with Crippen LogP contribution < -0.4 is 4.90 Å². The number of phenols is 1. The summed E-state index contributed by atoms with van der Waals surface area (Å²) in [5.41, 5.74) is 6.54. The fourth-order valence-corrected chi connectivity index (χ4v) is 5.02. The average Bonchev–Trinajstić information content (AvgIpc) is 3.21. The standard InChI is InChI=1S/C29H35N7O2/c1-7-36-19(3)20(14-30-36)15-34(6)29(38)24-13-27(32-25-9-8-22(37)12-23(24)25)26-10-11-28(18(2)31-26)35-16-21(17-35)33(4)5/h8-14,21,37H,7,15-17H2,1-6H3. The van der Waals surface area contributed by atoms with E-state index in [-0.39, 0.29) is 11.7 Å². The molecule has 0 bridgehead atoms. The molecule has 3 aromatic heterocycles. The number of rotatable bonds is 7. The van der Waals surface area contributed by atoms with E-state index in [1.165, 1.54) is 0 Å². The summed E-state index contributed by atoms with van der Waals surface area (Å²) in [5.74, 6) is -0.0655. The number of phenolic OH excluding ortho intramolecular Hbond substituents is 1. The van der Waals surface area contributed by atoms with Crippen molar-refractivity contribution in [1.29, 1.82) is 0 Å². The zero-order chi connectivity index (χ0) is 27.1. The highest BCUT2D eigenvalue weighted by Gasteiger charge is 2.29. The number of carbonyl (C=O) groups excluding carboxylic acids is 1. The molecule has 4 heterocycles. The number of likely N-dealkylation sites (N-methyl/N-ethyl adjacent to an activating group) is 1. The highest BCUT2D eigenvalue weighted by atomic mass is 16.3. The summed E-state index contributed by atoms with van der Waals surface area (Å²) in [6.45, 7) is 9.24. The van der Waals surface area contributed by atoms with E-state index < -0.39 is 0 Å². The van der Waals surface area contributed by atoms with Crippen LogP contribution in [-0.2, 0) is 13.1 Å². The number of hydrogen-bond donors (Lipinski definition) is 1. The van der Waals surface area contributed by atoms with Crippen molar-refractivity contribution in [3.8, 4) is 17.1 Å². The molecule has 1 fully saturated rings. The number of benzene rings is 1. The van der Waals surface area contributed by atoms with Crippen molar-refractivity contribution in [1.82, 2.24) is 29.5 Å². The van der Waals surface area contributed by atoms with E-state index in [2.05, 4.69) is 35.1 Å². The molecule has 0 spiro atoms. The van der Waals surface area contributed by atoms with Crippen molar-refractivity contribution in [2.45, 2.75) is 39.9 Å². The molecule has 1 aliphatic heterocycles. The van der Waals surface area contributed by atoms with Gasteiger partial charge in [-0.1, -0.05) is 0 Å². The number of anilines is 1. The highest BCUT2D eigenvalue weighted by Crippen LogP contribution is 2.31. The van der Waals surface area contributed by atoms with Crippen LogP contribution in [0.3, 0.4) is 0 Å². The molecule has 0 saturated carbocycles. The van der Waals surface area contributed by atoms with Crippen LogP contribution in [0, 0.1) is 13.8 Å². The second-order valence-electron chi connectivity index (χ2n) is 10.3. The summed E-state index contributed by atoms with van der Waals surface area (Å²) in [6, 6.07) is 11.3. The van der Waals surface area contributed by atoms with Crippen molar-refractivity contribution in [2.24, 2.45) is 0 Å². The summed E-state index contributed by atoms with van der Waals surface area (Å²) < 4.78 is 1.92.